The Balaban J connectivity index is 1.78. The highest BCUT2D eigenvalue weighted by atomic mass is 35.5. The molecule has 1 aliphatic carbocycles. The molecule has 0 bridgehead atoms. The number of aliphatic hydroxyl groups excluding tert-OH is 1. The van der Waals surface area contributed by atoms with E-state index in [1.165, 1.54) is 0 Å². The molecule has 1 saturated carbocycles. The van der Waals surface area contributed by atoms with E-state index < -0.39 is 0 Å². The van der Waals surface area contributed by atoms with Crippen LogP contribution in [0.1, 0.15) is 25.7 Å². The molecule has 0 saturated heterocycles. The van der Waals surface area contributed by atoms with Gasteiger partial charge in [0.05, 0.1) is 6.10 Å². The number of rotatable bonds is 2. The number of nitrogens with one attached hydrogen (secondary N) is 1. The van der Waals surface area contributed by atoms with Crippen molar-refractivity contribution in [1.82, 2.24) is 9.97 Å². The topological polar surface area (TPSA) is 71.2 Å². The lowest BCUT2D eigenvalue weighted by molar-refractivity contribution is 0.124. The summed E-state index contributed by atoms with van der Waals surface area (Å²) in [6.45, 7) is 0. The molecule has 2 N–H and O–H groups in total. The number of nitrogens with zero attached hydrogens (tertiary/aromatic N) is 2. The van der Waals surface area contributed by atoms with Crippen LogP contribution in [-0.2, 0) is 0 Å². The van der Waals surface area contributed by atoms with Gasteiger partial charge in [-0.3, -0.25) is 0 Å². The van der Waals surface area contributed by atoms with Crippen molar-refractivity contribution in [2.24, 2.45) is 0 Å². The average molecular weight is 268 g/mol. The summed E-state index contributed by atoms with van der Waals surface area (Å²) in [5.74, 6) is 0. The van der Waals surface area contributed by atoms with E-state index in [0.29, 0.717) is 22.4 Å². The van der Waals surface area contributed by atoms with E-state index in [1.807, 2.05) is 0 Å². The monoisotopic (exact) mass is 267 g/mol. The summed E-state index contributed by atoms with van der Waals surface area (Å²) in [6.07, 6.45) is 3.41. The number of pyridine rings is 1. The van der Waals surface area contributed by atoms with Crippen molar-refractivity contribution in [3.8, 4) is 0 Å². The summed E-state index contributed by atoms with van der Waals surface area (Å²) in [7, 11) is 0. The molecule has 2 aromatic heterocycles. The number of hydrogen-bond acceptors (Lipinski definition) is 5. The minimum atomic E-state index is -0.229. The van der Waals surface area contributed by atoms with Crippen LogP contribution >= 0.6 is 11.6 Å². The Labute approximate surface area is 109 Å². The fraction of sp³-hybridized carbons (Fsp3) is 0.500. The molecular formula is C12H14ClN3O2. The summed E-state index contributed by atoms with van der Waals surface area (Å²) in [4.78, 5) is 8.31. The van der Waals surface area contributed by atoms with Gasteiger partial charge in [-0.1, -0.05) is 11.6 Å². The third kappa shape index (κ3) is 2.42. The second-order valence-electron chi connectivity index (χ2n) is 4.64. The van der Waals surface area contributed by atoms with Gasteiger partial charge in [0.1, 0.15) is 5.15 Å². The van der Waals surface area contributed by atoms with Gasteiger partial charge in [0, 0.05) is 6.04 Å². The van der Waals surface area contributed by atoms with Gasteiger partial charge in [-0.2, -0.15) is 4.98 Å². The first kappa shape index (κ1) is 11.7. The predicted octanol–water partition coefficient (Wildman–Crippen LogP) is 2.59. The van der Waals surface area contributed by atoms with E-state index in [0.717, 1.165) is 25.7 Å². The highest BCUT2D eigenvalue weighted by Gasteiger charge is 2.21. The highest BCUT2D eigenvalue weighted by molar-refractivity contribution is 6.29. The van der Waals surface area contributed by atoms with Gasteiger partial charge >= 0.3 is 0 Å². The van der Waals surface area contributed by atoms with Gasteiger partial charge < -0.3 is 14.8 Å². The Kier molecular flexibility index (Phi) is 3.09. The Morgan fingerprint density at radius 1 is 1.33 bits per heavy atom. The summed E-state index contributed by atoms with van der Waals surface area (Å²) in [5, 5.41) is 13.2. The number of aromatic nitrogens is 2. The van der Waals surface area contributed by atoms with Crippen LogP contribution in [-0.4, -0.2) is 27.2 Å². The molecule has 96 valence electrons. The van der Waals surface area contributed by atoms with E-state index in [4.69, 9.17) is 16.0 Å². The fourth-order valence-electron chi connectivity index (χ4n) is 2.33. The zero-order chi connectivity index (χ0) is 12.5. The van der Waals surface area contributed by atoms with E-state index in [1.54, 1.807) is 12.1 Å². The van der Waals surface area contributed by atoms with Crippen LogP contribution < -0.4 is 5.32 Å². The van der Waals surface area contributed by atoms with Crippen molar-refractivity contribution in [2.75, 3.05) is 5.32 Å². The Morgan fingerprint density at radius 2 is 2.22 bits per heavy atom. The third-order valence-corrected chi connectivity index (χ3v) is 3.40. The van der Waals surface area contributed by atoms with Crippen LogP contribution in [0.4, 0.5) is 6.01 Å². The van der Waals surface area contributed by atoms with Gasteiger partial charge in [0.2, 0.25) is 5.65 Å². The summed E-state index contributed by atoms with van der Waals surface area (Å²) >= 11 is 5.79. The number of hydrogen-bond donors (Lipinski definition) is 2. The zero-order valence-electron chi connectivity index (χ0n) is 9.77. The normalized spacial score (nSPS) is 24.3. The minimum absolute atomic E-state index is 0.206. The second kappa shape index (κ2) is 4.74. The summed E-state index contributed by atoms with van der Waals surface area (Å²) in [6, 6.07) is 4.07. The molecule has 3 rings (SSSR count). The van der Waals surface area contributed by atoms with Crippen molar-refractivity contribution >= 4 is 28.8 Å². The molecule has 2 heterocycles. The first-order valence-electron chi connectivity index (χ1n) is 6.08. The third-order valence-electron chi connectivity index (χ3n) is 3.19. The summed E-state index contributed by atoms with van der Waals surface area (Å²) < 4.78 is 5.54. The maximum atomic E-state index is 9.61. The van der Waals surface area contributed by atoms with E-state index in [9.17, 15) is 5.11 Å². The lowest BCUT2D eigenvalue weighted by Gasteiger charge is -2.25. The maximum absolute atomic E-state index is 9.61. The zero-order valence-corrected chi connectivity index (χ0v) is 10.5. The molecule has 0 radical (unpaired) electrons. The van der Waals surface area contributed by atoms with E-state index in [2.05, 4.69) is 15.3 Å². The molecule has 6 heteroatoms. The van der Waals surface area contributed by atoms with Gasteiger partial charge in [0.15, 0.2) is 5.58 Å². The van der Waals surface area contributed by atoms with Gasteiger partial charge in [-0.05, 0) is 37.8 Å². The molecule has 5 nitrogen and oxygen atoms in total. The van der Waals surface area contributed by atoms with E-state index >= 15 is 0 Å². The first-order chi connectivity index (χ1) is 8.70. The van der Waals surface area contributed by atoms with Crippen LogP contribution in [0.5, 0.6) is 0 Å². The number of anilines is 1. The lowest BCUT2D eigenvalue weighted by Crippen LogP contribution is -2.29. The highest BCUT2D eigenvalue weighted by Crippen LogP contribution is 2.24. The Bertz CT molecular complexity index is 557. The van der Waals surface area contributed by atoms with Gasteiger partial charge in [-0.15, -0.1) is 0 Å². The SMILES string of the molecule is OC1CCCC(Nc2nc3nc(Cl)ccc3o2)C1. The van der Waals surface area contributed by atoms with Crippen LogP contribution in [0.25, 0.3) is 11.2 Å². The predicted molar refractivity (Wildman–Crippen MR) is 68.7 cm³/mol. The molecule has 1 aliphatic rings. The van der Waals surface area contributed by atoms with Crippen LogP contribution in [0, 0.1) is 0 Å². The maximum Gasteiger partial charge on any atom is 0.297 e. The van der Waals surface area contributed by atoms with Crippen molar-refractivity contribution in [2.45, 2.75) is 37.8 Å². The molecular weight excluding hydrogens is 254 g/mol. The number of halogens is 1. The lowest BCUT2D eigenvalue weighted by atomic mass is 9.93. The van der Waals surface area contributed by atoms with Crippen molar-refractivity contribution in [3.63, 3.8) is 0 Å². The molecule has 2 aromatic rings. The summed E-state index contributed by atoms with van der Waals surface area (Å²) in [5.41, 5.74) is 1.11. The number of aliphatic hydroxyl groups is 1. The molecule has 2 unspecified atom stereocenters. The number of oxazole rings is 1. The van der Waals surface area contributed by atoms with Crippen molar-refractivity contribution < 1.29 is 9.52 Å². The second-order valence-corrected chi connectivity index (χ2v) is 5.02. The Hall–Kier alpha value is -1.33. The molecule has 2 atom stereocenters. The largest absolute Gasteiger partial charge is 0.422 e. The fourth-order valence-corrected chi connectivity index (χ4v) is 2.47. The molecule has 0 amide bonds. The smallest absolute Gasteiger partial charge is 0.297 e. The van der Waals surface area contributed by atoms with Crippen molar-refractivity contribution in [3.05, 3.63) is 17.3 Å². The number of fused-ring (bicyclic) bond motifs is 1. The first-order valence-corrected chi connectivity index (χ1v) is 6.46. The van der Waals surface area contributed by atoms with Crippen LogP contribution in [0.3, 0.4) is 0 Å². The average Bonchev–Trinajstić information content (AvgIpc) is 2.70. The standard InChI is InChI=1S/C12H14ClN3O2/c13-10-5-4-9-11(15-10)16-12(18-9)14-7-2-1-3-8(17)6-7/h4-5,7-8,17H,1-3,6H2,(H,14,15,16). The molecule has 18 heavy (non-hydrogen) atoms. The van der Waals surface area contributed by atoms with Crippen LogP contribution in [0.15, 0.2) is 16.5 Å². The van der Waals surface area contributed by atoms with Crippen molar-refractivity contribution in [1.29, 1.82) is 0 Å². The Morgan fingerprint density at radius 3 is 3.06 bits per heavy atom. The minimum Gasteiger partial charge on any atom is -0.422 e. The quantitative estimate of drug-likeness (QED) is 0.819. The van der Waals surface area contributed by atoms with Gasteiger partial charge in [-0.25, -0.2) is 4.98 Å². The van der Waals surface area contributed by atoms with Gasteiger partial charge in [0.25, 0.3) is 6.01 Å². The molecule has 1 fully saturated rings. The van der Waals surface area contributed by atoms with E-state index in [-0.39, 0.29) is 12.1 Å². The van der Waals surface area contributed by atoms with Crippen LogP contribution in [0.2, 0.25) is 5.15 Å². The molecule has 0 spiro atoms. The molecule has 0 aromatic carbocycles. The molecule has 0 aliphatic heterocycles.